The largest absolute Gasteiger partial charge is 0.493 e. The molecule has 0 amide bonds. The zero-order valence-corrected chi connectivity index (χ0v) is 14.6. The molecule has 3 N–H and O–H groups in total. The zero-order chi connectivity index (χ0) is 18.7. The smallest absolute Gasteiger partial charge is 0.488 e. The van der Waals surface area contributed by atoms with Gasteiger partial charge in [-0.25, -0.2) is 9.97 Å². The second-order valence-corrected chi connectivity index (χ2v) is 5.38. The van der Waals surface area contributed by atoms with Crippen molar-refractivity contribution in [1.82, 2.24) is 9.97 Å². The number of rotatable bonds is 6. The zero-order valence-electron chi connectivity index (χ0n) is 14.6. The molecule has 0 spiro atoms. The van der Waals surface area contributed by atoms with Gasteiger partial charge >= 0.3 is 7.12 Å². The van der Waals surface area contributed by atoms with Crippen LogP contribution in [0.5, 0.6) is 17.2 Å². The number of nitrogens with zero attached hydrogens (tertiary/aromatic N) is 2. The first kappa shape index (κ1) is 17.8. The summed E-state index contributed by atoms with van der Waals surface area (Å²) in [5.74, 6) is 1.94. The van der Waals surface area contributed by atoms with Crippen molar-refractivity contribution in [2.45, 2.75) is 0 Å². The third-order valence-electron chi connectivity index (χ3n) is 3.90. The molecule has 3 rings (SSSR count). The first-order chi connectivity index (χ1) is 12.6. The van der Waals surface area contributed by atoms with E-state index in [0.29, 0.717) is 39.4 Å². The van der Waals surface area contributed by atoms with Gasteiger partial charge in [-0.15, -0.1) is 0 Å². The number of fused-ring (bicyclic) bond motifs is 1. The number of ether oxygens (including phenoxy) is 3. The average molecular weight is 355 g/mol. The van der Waals surface area contributed by atoms with E-state index in [1.165, 1.54) is 20.5 Å². The maximum Gasteiger partial charge on any atom is 0.488 e. The molecule has 0 bridgehead atoms. The molecule has 0 aliphatic heterocycles. The molecule has 134 valence electrons. The topological polar surface area (TPSA) is 106 Å². The summed E-state index contributed by atoms with van der Waals surface area (Å²) in [6.07, 6.45) is 1.42. The minimum absolute atomic E-state index is 0.399. The predicted molar refractivity (Wildman–Crippen MR) is 98.7 cm³/mol. The minimum Gasteiger partial charge on any atom is -0.493 e. The van der Waals surface area contributed by atoms with E-state index in [1.807, 2.05) is 0 Å². The highest BCUT2D eigenvalue weighted by Crippen LogP contribution is 2.44. The van der Waals surface area contributed by atoms with Crippen LogP contribution in [0.25, 0.3) is 10.9 Å². The molecule has 0 fully saturated rings. The van der Waals surface area contributed by atoms with Crippen LogP contribution < -0.4 is 25.0 Å². The molecule has 26 heavy (non-hydrogen) atoms. The highest BCUT2D eigenvalue weighted by molar-refractivity contribution is 6.58. The van der Waals surface area contributed by atoms with E-state index in [1.54, 1.807) is 37.4 Å². The van der Waals surface area contributed by atoms with Crippen molar-refractivity contribution >= 4 is 35.0 Å². The van der Waals surface area contributed by atoms with Gasteiger partial charge in [0.05, 0.1) is 26.7 Å². The SMILES string of the molecule is COc1cc2c(Nc3ccc(B(O)O)cc3)ncnc2c(OC)c1OC. The molecule has 8 nitrogen and oxygen atoms in total. The number of hydrogen-bond acceptors (Lipinski definition) is 8. The molecule has 0 unspecified atom stereocenters. The van der Waals surface area contributed by atoms with Gasteiger partial charge < -0.3 is 29.6 Å². The Morgan fingerprint density at radius 2 is 1.62 bits per heavy atom. The summed E-state index contributed by atoms with van der Waals surface area (Å²) in [6.45, 7) is 0. The Morgan fingerprint density at radius 3 is 2.19 bits per heavy atom. The lowest BCUT2D eigenvalue weighted by atomic mass is 9.80. The average Bonchev–Trinajstić information content (AvgIpc) is 2.67. The molecule has 1 aromatic heterocycles. The van der Waals surface area contributed by atoms with Crippen LogP contribution in [0.1, 0.15) is 0 Å². The highest BCUT2D eigenvalue weighted by Gasteiger charge is 2.19. The van der Waals surface area contributed by atoms with Gasteiger partial charge in [0, 0.05) is 5.69 Å². The third kappa shape index (κ3) is 3.22. The molecular formula is C17H18BN3O5. The summed E-state index contributed by atoms with van der Waals surface area (Å²) in [4.78, 5) is 8.59. The van der Waals surface area contributed by atoms with Gasteiger partial charge in [0.2, 0.25) is 5.75 Å². The third-order valence-corrected chi connectivity index (χ3v) is 3.90. The number of benzene rings is 2. The first-order valence-electron chi connectivity index (χ1n) is 7.75. The van der Waals surface area contributed by atoms with Crippen molar-refractivity contribution in [3.05, 3.63) is 36.7 Å². The van der Waals surface area contributed by atoms with Crippen molar-refractivity contribution in [2.24, 2.45) is 0 Å². The Balaban J connectivity index is 2.09. The van der Waals surface area contributed by atoms with Crippen molar-refractivity contribution < 1.29 is 24.3 Å². The van der Waals surface area contributed by atoms with E-state index in [9.17, 15) is 10.0 Å². The summed E-state index contributed by atoms with van der Waals surface area (Å²) in [7, 11) is 3.10. The maximum absolute atomic E-state index is 9.19. The fourth-order valence-corrected chi connectivity index (χ4v) is 2.64. The van der Waals surface area contributed by atoms with Crippen LogP contribution in [0.3, 0.4) is 0 Å². The van der Waals surface area contributed by atoms with Crippen molar-refractivity contribution in [2.75, 3.05) is 26.6 Å². The van der Waals surface area contributed by atoms with Crippen LogP contribution >= 0.6 is 0 Å². The van der Waals surface area contributed by atoms with Gasteiger partial charge in [-0.05, 0) is 23.7 Å². The van der Waals surface area contributed by atoms with E-state index in [2.05, 4.69) is 15.3 Å². The van der Waals surface area contributed by atoms with Gasteiger partial charge in [-0.3, -0.25) is 0 Å². The van der Waals surface area contributed by atoms with Crippen LogP contribution in [0.2, 0.25) is 0 Å². The van der Waals surface area contributed by atoms with Crippen molar-refractivity contribution in [3.63, 3.8) is 0 Å². The molecule has 0 saturated carbocycles. The summed E-state index contributed by atoms with van der Waals surface area (Å²) >= 11 is 0. The molecule has 3 aromatic rings. The van der Waals surface area contributed by atoms with Crippen LogP contribution in [-0.4, -0.2) is 48.5 Å². The fraction of sp³-hybridized carbons (Fsp3) is 0.176. The van der Waals surface area contributed by atoms with E-state index < -0.39 is 7.12 Å². The molecule has 0 saturated heterocycles. The van der Waals surface area contributed by atoms with Crippen LogP contribution in [0, 0.1) is 0 Å². The molecule has 0 atom stereocenters. The Hall–Kier alpha value is -3.04. The Morgan fingerprint density at radius 1 is 0.923 bits per heavy atom. The second kappa shape index (κ2) is 7.46. The summed E-state index contributed by atoms with van der Waals surface area (Å²) in [5.41, 5.74) is 1.70. The molecular weight excluding hydrogens is 337 g/mol. The van der Waals surface area contributed by atoms with Crippen LogP contribution in [-0.2, 0) is 0 Å². The Kier molecular flexibility index (Phi) is 5.10. The summed E-state index contributed by atoms with van der Waals surface area (Å²) < 4.78 is 16.2. The molecule has 9 heteroatoms. The molecule has 2 aromatic carbocycles. The Bertz CT molecular complexity index is 918. The lowest BCUT2D eigenvalue weighted by Gasteiger charge is -2.16. The quantitative estimate of drug-likeness (QED) is 0.564. The van der Waals surface area contributed by atoms with E-state index >= 15 is 0 Å². The summed E-state index contributed by atoms with van der Waals surface area (Å²) in [6, 6.07) is 8.44. The molecule has 0 aliphatic carbocycles. The maximum atomic E-state index is 9.19. The highest BCUT2D eigenvalue weighted by atomic mass is 16.5. The van der Waals surface area contributed by atoms with Crippen LogP contribution in [0.4, 0.5) is 11.5 Å². The molecule has 0 aliphatic rings. The van der Waals surface area contributed by atoms with Crippen LogP contribution in [0.15, 0.2) is 36.7 Å². The van der Waals surface area contributed by atoms with E-state index in [0.717, 1.165) is 5.69 Å². The lowest BCUT2D eigenvalue weighted by Crippen LogP contribution is -2.29. The van der Waals surface area contributed by atoms with E-state index in [4.69, 9.17) is 14.2 Å². The van der Waals surface area contributed by atoms with Gasteiger partial charge in [0.15, 0.2) is 11.5 Å². The number of hydrogen-bond donors (Lipinski definition) is 3. The van der Waals surface area contributed by atoms with Gasteiger partial charge in [-0.1, -0.05) is 12.1 Å². The van der Waals surface area contributed by atoms with Gasteiger partial charge in [0.1, 0.15) is 17.7 Å². The predicted octanol–water partition coefficient (Wildman–Crippen LogP) is 1.08. The Labute approximate surface area is 150 Å². The fourth-order valence-electron chi connectivity index (χ4n) is 2.64. The summed E-state index contributed by atoms with van der Waals surface area (Å²) in [5, 5.41) is 22.2. The van der Waals surface area contributed by atoms with Crippen molar-refractivity contribution in [3.8, 4) is 17.2 Å². The number of anilines is 2. The first-order valence-corrected chi connectivity index (χ1v) is 7.75. The molecule has 1 heterocycles. The number of methoxy groups -OCH3 is 3. The normalized spacial score (nSPS) is 10.5. The standard InChI is InChI=1S/C17H18BN3O5/c1-24-13-8-12-14(16(26-3)15(13)25-2)19-9-20-17(12)21-11-6-4-10(5-7-11)18(22)23/h4-9,22-23H,1-3H3,(H,19,20,21). The number of nitrogens with one attached hydrogen (secondary N) is 1. The minimum atomic E-state index is -1.51. The van der Waals surface area contributed by atoms with Crippen molar-refractivity contribution in [1.29, 1.82) is 0 Å². The van der Waals surface area contributed by atoms with Gasteiger partial charge in [-0.2, -0.15) is 0 Å². The molecule has 0 radical (unpaired) electrons. The van der Waals surface area contributed by atoms with Gasteiger partial charge in [0.25, 0.3) is 0 Å². The number of aromatic nitrogens is 2. The second-order valence-electron chi connectivity index (χ2n) is 5.38. The van der Waals surface area contributed by atoms with E-state index in [-0.39, 0.29) is 0 Å². The monoisotopic (exact) mass is 355 g/mol. The lowest BCUT2D eigenvalue weighted by molar-refractivity contribution is 0.327.